The van der Waals surface area contributed by atoms with Crippen molar-refractivity contribution < 1.29 is 28.8 Å². The molecule has 0 radical (unpaired) electrons. The van der Waals surface area contributed by atoms with Gasteiger partial charge in [0, 0.05) is 0 Å². The monoisotopic (exact) mass is 282 g/mol. The molecule has 0 amide bonds. The van der Waals surface area contributed by atoms with Crippen LogP contribution in [0.15, 0.2) is 12.1 Å². The van der Waals surface area contributed by atoms with Crippen LogP contribution in [0.1, 0.15) is 0 Å². The van der Waals surface area contributed by atoms with Gasteiger partial charge in [0.1, 0.15) is 0 Å². The number of nitrogen functional groups attached to an aromatic ring is 2. The number of rotatable bonds is 0. The largest absolute Gasteiger partial charge is 0.466 e. The number of hydrogen-bond donors (Lipinski definition) is 2. The van der Waals surface area contributed by atoms with Gasteiger partial charge in [-0.05, 0) is 12.1 Å². The molecule has 4 N–H and O–H groups in total. The summed E-state index contributed by atoms with van der Waals surface area (Å²) in [7, 11) is -9.66. The first-order chi connectivity index (χ1) is 7.70. The Hall–Kier alpha value is -1.72. The van der Waals surface area contributed by atoms with Gasteiger partial charge in [-0.15, -0.1) is 0 Å². The molecule has 11 heteroatoms. The van der Waals surface area contributed by atoms with Crippen LogP contribution >= 0.6 is 0 Å². The van der Waals surface area contributed by atoms with Gasteiger partial charge in [-0.2, -0.15) is 16.8 Å². The Morgan fingerprint density at radius 1 is 0.824 bits per heavy atom. The number of anilines is 2. The maximum absolute atomic E-state index is 11.1. The molecule has 0 spiro atoms. The molecule has 1 aliphatic rings. The van der Waals surface area contributed by atoms with Gasteiger partial charge in [0.25, 0.3) is 0 Å². The average Bonchev–Trinajstić information content (AvgIpc) is 2.24. The molecular weight excluding hydrogens is 276 g/mol. The molecule has 0 saturated heterocycles. The topological polar surface area (TPSA) is 148 Å². The van der Waals surface area contributed by atoms with Crippen molar-refractivity contribution in [3.8, 4) is 11.5 Å². The molecule has 0 saturated carbocycles. The summed E-state index contributed by atoms with van der Waals surface area (Å²) in [6, 6.07) is 2.45. The molecule has 9 nitrogen and oxygen atoms in total. The third-order valence-electron chi connectivity index (χ3n) is 1.71. The molecule has 0 atom stereocenters. The van der Waals surface area contributed by atoms with Crippen molar-refractivity contribution in [1.29, 1.82) is 0 Å². The van der Waals surface area contributed by atoms with E-state index in [0.717, 1.165) is 0 Å². The lowest BCUT2D eigenvalue weighted by Crippen LogP contribution is -2.18. The summed E-state index contributed by atoms with van der Waals surface area (Å²) < 4.78 is 56.8. The lowest BCUT2D eigenvalue weighted by atomic mass is 10.2. The first-order valence-electron chi connectivity index (χ1n) is 3.98. The second-order valence-electron chi connectivity index (χ2n) is 2.95. The van der Waals surface area contributed by atoms with Crippen LogP contribution in [0.5, 0.6) is 11.5 Å². The molecular formula is C6H6N2O7S2. The molecule has 0 aliphatic carbocycles. The van der Waals surface area contributed by atoms with Crippen LogP contribution in [0.2, 0.25) is 0 Å². The Morgan fingerprint density at radius 3 is 1.53 bits per heavy atom. The highest BCUT2D eigenvalue weighted by atomic mass is 32.3. The van der Waals surface area contributed by atoms with Gasteiger partial charge in [-0.3, -0.25) is 0 Å². The van der Waals surface area contributed by atoms with E-state index in [9.17, 15) is 16.8 Å². The highest BCUT2D eigenvalue weighted by Gasteiger charge is 2.35. The lowest BCUT2D eigenvalue weighted by Gasteiger charge is -2.07. The molecule has 1 aromatic carbocycles. The average molecular weight is 282 g/mol. The fraction of sp³-hybridized carbons (Fsp3) is 0. The number of fused-ring (bicyclic) bond motifs is 1. The summed E-state index contributed by atoms with van der Waals surface area (Å²) in [4.78, 5) is 0. The molecule has 0 unspecified atom stereocenters. The van der Waals surface area contributed by atoms with Gasteiger partial charge < -0.3 is 19.8 Å². The molecule has 94 valence electrons. The van der Waals surface area contributed by atoms with Gasteiger partial charge >= 0.3 is 20.8 Å². The quantitative estimate of drug-likeness (QED) is 0.579. The van der Waals surface area contributed by atoms with Crippen molar-refractivity contribution >= 4 is 32.2 Å². The minimum atomic E-state index is -4.83. The highest BCUT2D eigenvalue weighted by molar-refractivity contribution is 7.95. The molecule has 17 heavy (non-hydrogen) atoms. The zero-order valence-electron chi connectivity index (χ0n) is 7.98. The standard InChI is InChI=1S/C6H6N2O7S2/c7-3-1-2-4(8)6-5(3)13-16(9,10)15-17(11,12)14-6/h1-2H,7-8H2. The zero-order chi connectivity index (χ0) is 12.8. The molecule has 0 bridgehead atoms. The third-order valence-corrected chi connectivity index (χ3v) is 3.79. The predicted octanol–water partition coefficient (Wildman–Crippen LogP) is -0.872. The Labute approximate surface area is 96.5 Å². The van der Waals surface area contributed by atoms with Crippen molar-refractivity contribution in [2.75, 3.05) is 11.5 Å². The van der Waals surface area contributed by atoms with E-state index < -0.39 is 32.3 Å². The summed E-state index contributed by atoms with van der Waals surface area (Å²) in [5.74, 6) is -1.07. The second kappa shape index (κ2) is 3.38. The fourth-order valence-corrected chi connectivity index (χ4v) is 2.89. The van der Waals surface area contributed by atoms with Gasteiger partial charge in [0.15, 0.2) is 0 Å². The van der Waals surface area contributed by atoms with Crippen LogP contribution in [0.4, 0.5) is 11.4 Å². The minimum absolute atomic E-state index is 0.168. The van der Waals surface area contributed by atoms with Crippen LogP contribution in [0.25, 0.3) is 0 Å². The molecule has 2 rings (SSSR count). The fourth-order valence-electron chi connectivity index (χ4n) is 1.10. The van der Waals surface area contributed by atoms with Gasteiger partial charge in [-0.25, -0.2) is 0 Å². The Balaban J connectivity index is 2.76. The zero-order valence-corrected chi connectivity index (χ0v) is 9.62. The van der Waals surface area contributed by atoms with Gasteiger partial charge in [-0.1, -0.05) is 3.63 Å². The molecule has 1 aliphatic heterocycles. The minimum Gasteiger partial charge on any atom is -0.396 e. The Kier molecular flexibility index (Phi) is 2.34. The summed E-state index contributed by atoms with van der Waals surface area (Å²) >= 11 is 0. The molecule has 0 aromatic heterocycles. The van der Waals surface area contributed by atoms with Crippen LogP contribution in [0, 0.1) is 0 Å². The summed E-state index contributed by atoms with van der Waals surface area (Å²) in [5, 5.41) is 0. The predicted molar refractivity (Wildman–Crippen MR) is 55.4 cm³/mol. The van der Waals surface area contributed by atoms with Crippen molar-refractivity contribution in [3.63, 3.8) is 0 Å². The van der Waals surface area contributed by atoms with Crippen molar-refractivity contribution in [3.05, 3.63) is 12.1 Å². The van der Waals surface area contributed by atoms with Crippen LogP contribution < -0.4 is 19.8 Å². The first kappa shape index (κ1) is 11.8. The van der Waals surface area contributed by atoms with E-state index in [1.807, 2.05) is 0 Å². The van der Waals surface area contributed by atoms with E-state index >= 15 is 0 Å². The van der Waals surface area contributed by atoms with E-state index in [-0.39, 0.29) is 11.4 Å². The maximum Gasteiger partial charge on any atom is 0.466 e. The van der Waals surface area contributed by atoms with E-state index in [4.69, 9.17) is 11.5 Å². The van der Waals surface area contributed by atoms with Crippen molar-refractivity contribution in [2.24, 2.45) is 0 Å². The van der Waals surface area contributed by atoms with Crippen LogP contribution in [0.3, 0.4) is 0 Å². The summed E-state index contributed by atoms with van der Waals surface area (Å²) in [6.45, 7) is 0. The molecule has 0 fully saturated rings. The van der Waals surface area contributed by atoms with E-state index in [2.05, 4.69) is 12.0 Å². The number of nitrogens with two attached hydrogens (primary N) is 2. The smallest absolute Gasteiger partial charge is 0.396 e. The first-order valence-corrected chi connectivity index (χ1v) is 6.65. The van der Waals surface area contributed by atoms with Crippen LogP contribution in [-0.2, 0) is 24.4 Å². The van der Waals surface area contributed by atoms with Crippen molar-refractivity contribution in [2.45, 2.75) is 0 Å². The Bertz CT molecular complexity index is 620. The van der Waals surface area contributed by atoms with E-state index in [1.165, 1.54) is 12.1 Å². The number of hydrogen-bond acceptors (Lipinski definition) is 9. The lowest BCUT2D eigenvalue weighted by molar-refractivity contribution is 0.373. The maximum atomic E-state index is 11.1. The van der Waals surface area contributed by atoms with Crippen molar-refractivity contribution in [1.82, 2.24) is 0 Å². The normalized spacial score (nSPS) is 20.5. The van der Waals surface area contributed by atoms with E-state index in [0.29, 0.717) is 0 Å². The number of benzene rings is 1. The third kappa shape index (κ3) is 2.20. The van der Waals surface area contributed by atoms with Crippen LogP contribution in [-0.4, -0.2) is 16.8 Å². The summed E-state index contributed by atoms with van der Waals surface area (Å²) in [6.07, 6.45) is 0. The van der Waals surface area contributed by atoms with Gasteiger partial charge in [0.05, 0.1) is 11.4 Å². The summed E-state index contributed by atoms with van der Waals surface area (Å²) in [5.41, 5.74) is 10.5. The van der Waals surface area contributed by atoms with Gasteiger partial charge in [0.2, 0.25) is 11.5 Å². The molecule has 1 heterocycles. The van der Waals surface area contributed by atoms with E-state index in [1.54, 1.807) is 0 Å². The Morgan fingerprint density at radius 2 is 1.18 bits per heavy atom. The second-order valence-corrected chi connectivity index (χ2v) is 5.46. The molecule has 1 aromatic rings. The highest BCUT2D eigenvalue weighted by Crippen LogP contribution is 2.42. The SMILES string of the molecule is Nc1ccc(N)c2c1OS(=O)(=O)OS(=O)(=O)O2.